The number of halogens is 4. The van der Waals surface area contributed by atoms with E-state index in [2.05, 4.69) is 10.1 Å². The van der Waals surface area contributed by atoms with Crippen LogP contribution in [0, 0.1) is 0 Å². The number of rotatable bonds is 3. The molecule has 0 N–H and O–H groups in total. The molecular weight excluding hydrogens is 328 g/mol. The minimum absolute atomic E-state index is 0.0346. The topological polar surface area (TPSA) is 51.0 Å². The molecule has 0 fully saturated rings. The highest BCUT2D eigenvalue weighted by atomic mass is 19.4. The van der Waals surface area contributed by atoms with E-state index < -0.39 is 36.7 Å². The monoisotopic (exact) mass is 342 g/mol. The van der Waals surface area contributed by atoms with Gasteiger partial charge in [-0.05, 0) is 5.56 Å². The van der Waals surface area contributed by atoms with Crippen molar-refractivity contribution >= 4 is 5.91 Å². The first-order valence-corrected chi connectivity index (χ1v) is 7.24. The quantitative estimate of drug-likeness (QED) is 0.806. The number of hydrogen-bond donors (Lipinski definition) is 0. The molecule has 1 aliphatic rings. The fraction of sp³-hybridized carbons (Fsp3) is 0.400. The summed E-state index contributed by atoms with van der Waals surface area (Å²) in [5, 5.41) is 3.96. The van der Waals surface area contributed by atoms with Crippen LogP contribution in [0.5, 0.6) is 0 Å². The summed E-state index contributed by atoms with van der Waals surface area (Å²) in [7, 11) is 1.00. The molecule has 0 saturated carbocycles. The molecule has 0 unspecified atom stereocenters. The van der Waals surface area contributed by atoms with Gasteiger partial charge in [-0.25, -0.2) is 14.1 Å². The molecule has 2 heterocycles. The van der Waals surface area contributed by atoms with Crippen LogP contribution in [0.3, 0.4) is 0 Å². The van der Waals surface area contributed by atoms with Crippen molar-refractivity contribution in [2.24, 2.45) is 0 Å². The highest BCUT2D eigenvalue weighted by Crippen LogP contribution is 2.39. The molecule has 1 aliphatic heterocycles. The Bertz CT molecular complexity index is 744. The van der Waals surface area contributed by atoms with E-state index in [1.54, 1.807) is 24.3 Å². The molecule has 0 radical (unpaired) electrons. The highest BCUT2D eigenvalue weighted by molar-refractivity contribution is 5.90. The summed E-state index contributed by atoms with van der Waals surface area (Å²) in [5.74, 6) is -1.46. The van der Waals surface area contributed by atoms with Crippen LogP contribution in [0.1, 0.15) is 40.6 Å². The van der Waals surface area contributed by atoms with Gasteiger partial charge in [-0.3, -0.25) is 4.79 Å². The number of amides is 1. The van der Waals surface area contributed by atoms with Crippen LogP contribution >= 0.6 is 0 Å². The Labute approximate surface area is 134 Å². The maximum Gasteiger partial charge on any atom is 0.406 e. The van der Waals surface area contributed by atoms with Gasteiger partial charge in [0.1, 0.15) is 6.54 Å². The van der Waals surface area contributed by atoms with Crippen LogP contribution in [0.2, 0.25) is 0 Å². The van der Waals surface area contributed by atoms with E-state index in [4.69, 9.17) is 0 Å². The third kappa shape index (κ3) is 3.10. The second-order valence-electron chi connectivity index (χ2n) is 5.64. The Hall–Kier alpha value is -2.45. The molecule has 0 saturated heterocycles. The van der Waals surface area contributed by atoms with E-state index in [-0.39, 0.29) is 12.2 Å². The van der Waals surface area contributed by atoms with Crippen LogP contribution in [-0.2, 0) is 0 Å². The van der Waals surface area contributed by atoms with E-state index in [1.165, 1.54) is 4.68 Å². The van der Waals surface area contributed by atoms with Gasteiger partial charge in [0.05, 0.1) is 6.04 Å². The third-order valence-corrected chi connectivity index (χ3v) is 3.80. The predicted molar refractivity (Wildman–Crippen MR) is 76.1 cm³/mol. The van der Waals surface area contributed by atoms with Crippen LogP contribution in [0.25, 0.3) is 0 Å². The SMILES string of the molecule is CN(CC(F)(F)F)C(=O)c1nc2n(n1)[C@H](c1ccccc1)C[C@@H]2F. The van der Waals surface area contributed by atoms with Crippen molar-refractivity contribution in [3.8, 4) is 0 Å². The average molecular weight is 342 g/mol. The minimum atomic E-state index is -4.53. The molecule has 2 atom stereocenters. The Morgan fingerprint density at radius 2 is 2.00 bits per heavy atom. The van der Waals surface area contributed by atoms with Gasteiger partial charge >= 0.3 is 6.18 Å². The molecule has 1 aromatic carbocycles. The fourth-order valence-electron chi connectivity index (χ4n) is 2.73. The van der Waals surface area contributed by atoms with Gasteiger partial charge in [0, 0.05) is 13.5 Å². The summed E-state index contributed by atoms with van der Waals surface area (Å²) in [4.78, 5) is 16.3. The predicted octanol–water partition coefficient (Wildman–Crippen LogP) is 2.92. The van der Waals surface area contributed by atoms with Crippen molar-refractivity contribution in [3.63, 3.8) is 0 Å². The Balaban J connectivity index is 1.87. The second kappa shape index (κ2) is 5.88. The molecule has 128 valence electrons. The summed E-state index contributed by atoms with van der Waals surface area (Å²) in [6.45, 7) is -1.42. The fourth-order valence-corrected chi connectivity index (χ4v) is 2.73. The van der Waals surface area contributed by atoms with Crippen LogP contribution in [0.4, 0.5) is 17.6 Å². The van der Waals surface area contributed by atoms with Gasteiger partial charge < -0.3 is 4.90 Å². The summed E-state index contributed by atoms with van der Waals surface area (Å²) >= 11 is 0. The van der Waals surface area contributed by atoms with Crippen molar-refractivity contribution in [1.29, 1.82) is 0 Å². The maximum atomic E-state index is 14.2. The van der Waals surface area contributed by atoms with Crippen LogP contribution < -0.4 is 0 Å². The molecule has 1 aromatic heterocycles. The summed E-state index contributed by atoms with van der Waals surface area (Å²) in [6.07, 6.45) is -5.81. The van der Waals surface area contributed by atoms with Crippen LogP contribution in [0.15, 0.2) is 30.3 Å². The van der Waals surface area contributed by atoms with Crippen molar-refractivity contribution in [2.75, 3.05) is 13.6 Å². The zero-order chi connectivity index (χ0) is 17.5. The lowest BCUT2D eigenvalue weighted by Crippen LogP contribution is -2.36. The number of hydrogen-bond acceptors (Lipinski definition) is 3. The van der Waals surface area contributed by atoms with Crippen molar-refractivity contribution in [2.45, 2.75) is 24.8 Å². The zero-order valence-corrected chi connectivity index (χ0v) is 12.7. The molecule has 3 rings (SSSR count). The van der Waals surface area contributed by atoms with Gasteiger partial charge in [0.2, 0.25) is 5.82 Å². The molecule has 0 bridgehead atoms. The molecule has 0 spiro atoms. The molecule has 9 heteroatoms. The van der Waals surface area contributed by atoms with Gasteiger partial charge in [-0.2, -0.15) is 13.2 Å². The number of aromatic nitrogens is 3. The summed E-state index contributed by atoms with van der Waals surface area (Å²) in [6, 6.07) is 8.56. The van der Waals surface area contributed by atoms with Gasteiger partial charge in [-0.15, -0.1) is 5.10 Å². The average Bonchev–Trinajstić information content (AvgIpc) is 3.07. The first-order chi connectivity index (χ1) is 11.3. The Kier molecular flexibility index (Phi) is 4.02. The summed E-state index contributed by atoms with van der Waals surface area (Å²) in [5.41, 5.74) is 0.798. The zero-order valence-electron chi connectivity index (χ0n) is 12.7. The first-order valence-electron chi connectivity index (χ1n) is 7.24. The Morgan fingerprint density at radius 1 is 1.33 bits per heavy atom. The lowest BCUT2D eigenvalue weighted by molar-refractivity contribution is -0.138. The lowest BCUT2D eigenvalue weighted by atomic mass is 10.0. The van der Waals surface area contributed by atoms with E-state index >= 15 is 0 Å². The first kappa shape index (κ1) is 16.4. The lowest BCUT2D eigenvalue weighted by Gasteiger charge is -2.17. The number of benzene rings is 1. The van der Waals surface area contributed by atoms with Gasteiger partial charge in [0.25, 0.3) is 5.91 Å². The van der Waals surface area contributed by atoms with Crippen molar-refractivity contribution in [3.05, 3.63) is 47.5 Å². The summed E-state index contributed by atoms with van der Waals surface area (Å²) < 4.78 is 52.6. The van der Waals surface area contributed by atoms with E-state index in [0.717, 1.165) is 12.6 Å². The largest absolute Gasteiger partial charge is 0.406 e. The second-order valence-corrected chi connectivity index (χ2v) is 5.64. The molecule has 5 nitrogen and oxygen atoms in total. The number of carbonyl (C=O) groups excluding carboxylic acids is 1. The third-order valence-electron chi connectivity index (χ3n) is 3.80. The highest BCUT2D eigenvalue weighted by Gasteiger charge is 2.38. The Morgan fingerprint density at radius 3 is 2.62 bits per heavy atom. The van der Waals surface area contributed by atoms with Gasteiger partial charge in [0.15, 0.2) is 12.0 Å². The van der Waals surface area contributed by atoms with Crippen molar-refractivity contribution in [1.82, 2.24) is 19.7 Å². The number of alkyl halides is 4. The maximum absolute atomic E-state index is 14.2. The van der Waals surface area contributed by atoms with E-state index in [9.17, 15) is 22.4 Å². The standard InChI is InChI=1S/C15H14F4N4O/c1-22(8-15(17,18)19)14(24)12-20-13-10(16)7-11(23(13)21-12)9-5-3-2-4-6-9/h2-6,10-11H,7-8H2,1H3/t10-,11-/m0/s1. The number of carbonyl (C=O) groups is 1. The van der Waals surface area contributed by atoms with Crippen molar-refractivity contribution < 1.29 is 22.4 Å². The molecule has 24 heavy (non-hydrogen) atoms. The molecule has 2 aromatic rings. The molecule has 0 aliphatic carbocycles. The minimum Gasteiger partial charge on any atom is -0.330 e. The number of fused-ring (bicyclic) bond motifs is 1. The van der Waals surface area contributed by atoms with E-state index in [1.807, 2.05) is 6.07 Å². The number of nitrogens with zero attached hydrogens (tertiary/aromatic N) is 4. The van der Waals surface area contributed by atoms with Gasteiger partial charge in [-0.1, -0.05) is 30.3 Å². The smallest absolute Gasteiger partial charge is 0.330 e. The van der Waals surface area contributed by atoms with Crippen LogP contribution in [-0.4, -0.2) is 45.3 Å². The normalized spacial score (nSPS) is 20.0. The molecule has 1 amide bonds. The van der Waals surface area contributed by atoms with E-state index in [0.29, 0.717) is 4.90 Å². The molecular formula is C15H14F4N4O.